The molecule has 0 fully saturated rings. The molecule has 0 bridgehead atoms. The number of hydrogen-bond donors (Lipinski definition) is 1. The fraction of sp³-hybridized carbons (Fsp3) is 0.236. The Bertz CT molecular complexity index is 2950. The van der Waals surface area contributed by atoms with Crippen LogP contribution in [0.25, 0.3) is 72.7 Å². The molecule has 0 aliphatic carbocycles. The van der Waals surface area contributed by atoms with Crippen molar-refractivity contribution in [2.45, 2.75) is 85.4 Å². The molecule has 0 spiro atoms. The van der Waals surface area contributed by atoms with Crippen LogP contribution in [-0.2, 0) is 37.3 Å². The minimum atomic E-state index is -2.32. The molecule has 0 aliphatic rings. The Morgan fingerprint density at radius 1 is 0.583 bits per heavy atom. The van der Waals surface area contributed by atoms with Gasteiger partial charge in [0.05, 0.1) is 22.3 Å². The average Bonchev–Trinajstić information content (AvgIpc) is 3.62. The second-order valence-electron chi connectivity index (χ2n) is 18.7. The molecule has 5 heteroatoms. The summed E-state index contributed by atoms with van der Waals surface area (Å²) in [5.41, 5.74) is 12.5. The predicted molar refractivity (Wildman–Crippen MR) is 247 cm³/mol. The monoisotopic (exact) mass is 970 g/mol. The van der Waals surface area contributed by atoms with Gasteiger partial charge in [0.1, 0.15) is 11.6 Å². The number of aromatic hydroxyl groups is 1. The zero-order valence-electron chi connectivity index (χ0n) is 38.9. The molecule has 0 saturated carbocycles. The van der Waals surface area contributed by atoms with Gasteiger partial charge in [-0.25, -0.2) is 4.98 Å². The van der Waals surface area contributed by atoms with E-state index in [-0.39, 0.29) is 48.6 Å². The summed E-state index contributed by atoms with van der Waals surface area (Å²) in [4.78, 5) is 10.4. The minimum Gasteiger partial charge on any atom is -0.507 e. The van der Waals surface area contributed by atoms with E-state index in [4.69, 9.17) is 14.1 Å². The van der Waals surface area contributed by atoms with Crippen molar-refractivity contribution in [2.24, 2.45) is 0 Å². The van der Waals surface area contributed by atoms with Gasteiger partial charge in [0.25, 0.3) is 0 Å². The molecule has 0 amide bonds. The van der Waals surface area contributed by atoms with Gasteiger partial charge < -0.3 is 5.11 Å². The van der Waals surface area contributed by atoms with Crippen LogP contribution in [0.2, 0.25) is 0 Å². The zero-order valence-corrected chi connectivity index (χ0v) is 38.2. The van der Waals surface area contributed by atoms with Gasteiger partial charge in [0.15, 0.2) is 0 Å². The van der Waals surface area contributed by atoms with Crippen LogP contribution in [0.15, 0.2) is 140 Å². The number of para-hydroxylation sites is 1. The molecule has 0 saturated heterocycles. The summed E-state index contributed by atoms with van der Waals surface area (Å²) in [6, 6.07) is 48.2. The summed E-state index contributed by atoms with van der Waals surface area (Å²) in [6.45, 7) is 17.2. The summed E-state index contributed by atoms with van der Waals surface area (Å²) >= 11 is 0. The Labute approximate surface area is 374 Å². The Morgan fingerprint density at radius 2 is 1.23 bits per heavy atom. The normalized spacial score (nSPS) is 13.1. The number of phenols is 1. The maximum atomic E-state index is 12.4. The van der Waals surface area contributed by atoms with Gasteiger partial charge in [-0.05, 0) is 75.7 Å². The van der Waals surface area contributed by atoms with Gasteiger partial charge in [0.2, 0.25) is 0 Å². The SMILES string of the molecule is [2H]C([2H])([2H])c1ccc(-n2c(-c3cc(C(C)(C)C)cc(C(C)(C)C)c3O)nc3c(-c4[c-]c(-c5cc(-c6ccccc6)ccn5)cc(C(C)(C)C)c4)cccc32)c(-c2ccccc2)c1.[Pt]. The van der Waals surface area contributed by atoms with Crippen molar-refractivity contribution in [3.63, 3.8) is 0 Å². The van der Waals surface area contributed by atoms with E-state index < -0.39 is 6.85 Å². The molecule has 1 N–H and O–H groups in total. The molecule has 0 unspecified atom stereocenters. The number of phenolic OH excluding ortho intramolecular Hbond substituents is 1. The smallest absolute Gasteiger partial charge is 0.148 e. The Balaban J connectivity index is 0.00000595. The maximum Gasteiger partial charge on any atom is 0.148 e. The second kappa shape index (κ2) is 16.1. The first-order chi connectivity index (χ1) is 29.2. The van der Waals surface area contributed by atoms with Crippen molar-refractivity contribution >= 4 is 11.0 Å². The van der Waals surface area contributed by atoms with Crippen LogP contribution in [-0.4, -0.2) is 19.6 Å². The first-order valence-corrected chi connectivity index (χ1v) is 20.4. The molecule has 2 aromatic heterocycles. The van der Waals surface area contributed by atoms with Crippen LogP contribution < -0.4 is 0 Å². The van der Waals surface area contributed by atoms with E-state index in [9.17, 15) is 5.11 Å². The van der Waals surface area contributed by atoms with Gasteiger partial charge >= 0.3 is 0 Å². The number of rotatable bonds is 6. The number of fused-ring (bicyclic) bond motifs is 1. The first kappa shape index (κ1) is 38.6. The second-order valence-corrected chi connectivity index (χ2v) is 18.7. The summed E-state index contributed by atoms with van der Waals surface area (Å²) in [5, 5.41) is 12.4. The van der Waals surface area contributed by atoms with Crippen molar-refractivity contribution in [1.29, 1.82) is 0 Å². The van der Waals surface area contributed by atoms with E-state index >= 15 is 0 Å². The van der Waals surface area contributed by atoms with Crippen molar-refractivity contribution < 1.29 is 30.3 Å². The van der Waals surface area contributed by atoms with Crippen molar-refractivity contribution in [3.05, 3.63) is 168 Å². The van der Waals surface area contributed by atoms with Crippen LogP contribution in [0, 0.1) is 12.9 Å². The predicted octanol–water partition coefficient (Wildman–Crippen LogP) is 14.5. The number of aromatic nitrogens is 3. The van der Waals surface area contributed by atoms with Gasteiger partial charge in [0, 0.05) is 48.2 Å². The number of aryl methyl sites for hydroxylation is 1. The van der Waals surface area contributed by atoms with Crippen LogP contribution in [0.5, 0.6) is 5.75 Å². The van der Waals surface area contributed by atoms with Gasteiger partial charge in [-0.3, -0.25) is 9.55 Å². The van der Waals surface area contributed by atoms with E-state index in [1.165, 1.54) is 0 Å². The van der Waals surface area contributed by atoms with E-state index in [1.54, 1.807) is 12.1 Å². The largest absolute Gasteiger partial charge is 0.507 e. The van der Waals surface area contributed by atoms with Crippen molar-refractivity contribution in [1.82, 2.24) is 14.5 Å². The van der Waals surface area contributed by atoms with E-state index in [0.29, 0.717) is 11.4 Å². The summed E-state index contributed by atoms with van der Waals surface area (Å²) < 4.78 is 27.2. The number of pyridine rings is 1. The summed E-state index contributed by atoms with van der Waals surface area (Å²) in [5.74, 6) is 0.710. The molecule has 4 nitrogen and oxygen atoms in total. The van der Waals surface area contributed by atoms with Crippen LogP contribution in [0.3, 0.4) is 0 Å². The zero-order chi connectivity index (χ0) is 44.4. The third-order valence-electron chi connectivity index (χ3n) is 11.2. The molecule has 6 aromatic carbocycles. The number of imidazole rings is 1. The molecule has 306 valence electrons. The molecule has 0 aliphatic heterocycles. The molecular weight excluding hydrogens is 914 g/mol. The first-order valence-electron chi connectivity index (χ1n) is 21.9. The van der Waals surface area contributed by atoms with Crippen molar-refractivity contribution in [2.75, 3.05) is 0 Å². The topological polar surface area (TPSA) is 50.9 Å². The molecule has 8 rings (SSSR count). The van der Waals surface area contributed by atoms with Gasteiger partial charge in [-0.1, -0.05) is 170 Å². The summed E-state index contributed by atoms with van der Waals surface area (Å²) in [7, 11) is 0. The van der Waals surface area contributed by atoms with Gasteiger partial charge in [-0.15, -0.1) is 29.3 Å². The van der Waals surface area contributed by atoms with E-state index in [0.717, 1.165) is 78.0 Å². The van der Waals surface area contributed by atoms with Gasteiger partial charge in [-0.2, -0.15) is 0 Å². The minimum absolute atomic E-state index is 0. The molecule has 0 atom stereocenters. The van der Waals surface area contributed by atoms with Crippen LogP contribution in [0.1, 0.15) is 88.7 Å². The molecular formula is C55H54N3OPt-. The van der Waals surface area contributed by atoms with Crippen molar-refractivity contribution in [3.8, 4) is 67.5 Å². The quantitative estimate of drug-likeness (QED) is 0.169. The Kier molecular flexibility index (Phi) is 10.4. The van der Waals surface area contributed by atoms with Crippen LogP contribution >= 0.6 is 0 Å². The molecule has 2 heterocycles. The third kappa shape index (κ3) is 8.28. The fourth-order valence-electron chi connectivity index (χ4n) is 7.80. The number of hydrogen-bond acceptors (Lipinski definition) is 3. The van der Waals surface area contributed by atoms with E-state index in [1.807, 2.05) is 72.9 Å². The number of nitrogens with zero attached hydrogens (tertiary/aromatic N) is 3. The third-order valence-corrected chi connectivity index (χ3v) is 11.2. The Hall–Kier alpha value is -5.57. The maximum absolute atomic E-state index is 12.4. The molecule has 8 aromatic rings. The fourth-order valence-corrected chi connectivity index (χ4v) is 7.80. The molecule has 60 heavy (non-hydrogen) atoms. The van der Waals surface area contributed by atoms with E-state index in [2.05, 4.69) is 128 Å². The average molecular weight is 971 g/mol. The molecule has 0 radical (unpaired) electrons. The standard InChI is InChI=1S/C55H54N3O.Pt/c1-35-24-25-48(44(28-35)37-20-15-12-16-21-37)58-49-23-17-22-43(50(49)57-52(58)45-33-42(54(5,6)7)34-46(51(45)59)55(8,9)10)39-29-40(31-41(30-39)53(2,3)4)47-32-38(26-27-56-47)36-18-13-11-14-19-36;/h11-28,30-34,59H,1-10H3;/q-1;/i1D3;. The Morgan fingerprint density at radius 3 is 1.88 bits per heavy atom. The van der Waals surface area contributed by atoms with Crippen LogP contribution in [0.4, 0.5) is 0 Å². The number of benzene rings is 6. The summed E-state index contributed by atoms with van der Waals surface area (Å²) in [6.07, 6.45) is 1.86.